The van der Waals surface area contributed by atoms with Crippen LogP contribution in [0.4, 0.5) is 0 Å². The van der Waals surface area contributed by atoms with Crippen LogP contribution in [-0.2, 0) is 13.8 Å². The van der Waals surface area contributed by atoms with Gasteiger partial charge in [0.15, 0.2) is 19.9 Å². The standard InChI is InChI=1S/C6H13O4P/c1-11(2,8)10-6-4-3-5(7)9-6/h5-7H,3-4H2,1-2H3. The summed E-state index contributed by atoms with van der Waals surface area (Å²) in [5, 5.41) is 8.90. The van der Waals surface area contributed by atoms with E-state index in [1.54, 1.807) is 0 Å². The molecular weight excluding hydrogens is 167 g/mol. The van der Waals surface area contributed by atoms with Gasteiger partial charge in [-0.2, -0.15) is 0 Å². The molecule has 66 valence electrons. The van der Waals surface area contributed by atoms with E-state index in [1.807, 2.05) is 0 Å². The van der Waals surface area contributed by atoms with Crippen LogP contribution in [0.3, 0.4) is 0 Å². The van der Waals surface area contributed by atoms with Crippen molar-refractivity contribution in [1.29, 1.82) is 0 Å². The first kappa shape index (κ1) is 9.20. The van der Waals surface area contributed by atoms with Crippen LogP contribution < -0.4 is 0 Å². The Morgan fingerprint density at radius 3 is 2.55 bits per heavy atom. The highest BCUT2D eigenvalue weighted by Gasteiger charge is 2.27. The van der Waals surface area contributed by atoms with E-state index in [0.29, 0.717) is 12.8 Å². The SMILES string of the molecule is CP(C)(=O)OC1CCC(O)O1. The van der Waals surface area contributed by atoms with Crippen molar-refractivity contribution < 1.29 is 18.9 Å². The van der Waals surface area contributed by atoms with E-state index >= 15 is 0 Å². The molecular formula is C6H13O4P. The molecule has 0 aliphatic carbocycles. The first-order valence-corrected chi connectivity index (χ1v) is 6.06. The lowest BCUT2D eigenvalue weighted by atomic mass is 10.3. The quantitative estimate of drug-likeness (QED) is 0.644. The zero-order valence-electron chi connectivity index (χ0n) is 6.69. The van der Waals surface area contributed by atoms with Gasteiger partial charge in [-0.3, -0.25) is 9.09 Å². The third kappa shape index (κ3) is 3.34. The van der Waals surface area contributed by atoms with Gasteiger partial charge >= 0.3 is 0 Å². The number of hydrogen-bond acceptors (Lipinski definition) is 4. The molecule has 1 aliphatic heterocycles. The summed E-state index contributed by atoms with van der Waals surface area (Å²) in [6.45, 7) is 3.06. The van der Waals surface area contributed by atoms with Crippen LogP contribution in [0, 0.1) is 0 Å². The molecule has 2 atom stereocenters. The zero-order valence-corrected chi connectivity index (χ0v) is 7.58. The largest absolute Gasteiger partial charge is 0.368 e. The molecule has 0 aromatic carbocycles. The summed E-state index contributed by atoms with van der Waals surface area (Å²) < 4.78 is 21.0. The van der Waals surface area contributed by atoms with E-state index < -0.39 is 19.9 Å². The summed E-state index contributed by atoms with van der Waals surface area (Å²) in [4.78, 5) is 0. The summed E-state index contributed by atoms with van der Waals surface area (Å²) in [6.07, 6.45) is -0.0466. The van der Waals surface area contributed by atoms with Gasteiger partial charge in [-0.05, 0) is 0 Å². The van der Waals surface area contributed by atoms with Gasteiger partial charge in [-0.1, -0.05) is 0 Å². The normalized spacial score (nSPS) is 32.6. The van der Waals surface area contributed by atoms with E-state index in [0.717, 1.165) is 0 Å². The molecule has 11 heavy (non-hydrogen) atoms. The Hall–Kier alpha value is 0.110. The van der Waals surface area contributed by atoms with Gasteiger partial charge in [-0.15, -0.1) is 0 Å². The van der Waals surface area contributed by atoms with Crippen molar-refractivity contribution in [2.24, 2.45) is 0 Å². The Balaban J connectivity index is 2.34. The Bertz CT molecular complexity index is 175. The molecule has 0 radical (unpaired) electrons. The van der Waals surface area contributed by atoms with Crippen LogP contribution in [0.15, 0.2) is 0 Å². The van der Waals surface area contributed by atoms with Gasteiger partial charge in [0.2, 0.25) is 0 Å². The molecule has 0 aromatic rings. The Morgan fingerprint density at radius 1 is 1.55 bits per heavy atom. The van der Waals surface area contributed by atoms with Gasteiger partial charge < -0.3 is 9.84 Å². The summed E-state index contributed by atoms with van der Waals surface area (Å²) >= 11 is 0. The van der Waals surface area contributed by atoms with Crippen molar-refractivity contribution in [2.75, 3.05) is 13.3 Å². The maximum atomic E-state index is 11.1. The Morgan fingerprint density at radius 2 is 2.18 bits per heavy atom. The predicted molar refractivity (Wildman–Crippen MR) is 40.7 cm³/mol. The van der Waals surface area contributed by atoms with Crippen molar-refractivity contribution in [3.8, 4) is 0 Å². The fourth-order valence-corrected chi connectivity index (χ4v) is 1.67. The van der Waals surface area contributed by atoms with Crippen LogP contribution in [0.25, 0.3) is 0 Å². The van der Waals surface area contributed by atoms with E-state index in [2.05, 4.69) is 0 Å². The molecule has 1 heterocycles. The lowest BCUT2D eigenvalue weighted by Crippen LogP contribution is -2.11. The number of rotatable bonds is 2. The second-order valence-corrected chi connectivity index (χ2v) is 5.67. The van der Waals surface area contributed by atoms with Gasteiger partial charge in [0.25, 0.3) is 0 Å². The molecule has 0 aromatic heterocycles. The third-order valence-electron chi connectivity index (χ3n) is 1.33. The molecule has 4 nitrogen and oxygen atoms in total. The van der Waals surface area contributed by atoms with Crippen LogP contribution in [0.1, 0.15) is 12.8 Å². The van der Waals surface area contributed by atoms with Crippen LogP contribution in [-0.4, -0.2) is 31.0 Å². The molecule has 0 spiro atoms. The molecule has 2 unspecified atom stereocenters. The Labute approximate surface area is 66.0 Å². The molecule has 1 N–H and O–H groups in total. The number of hydrogen-bond donors (Lipinski definition) is 1. The van der Waals surface area contributed by atoms with E-state index in [1.165, 1.54) is 13.3 Å². The fourth-order valence-electron chi connectivity index (χ4n) is 0.951. The molecule has 0 saturated carbocycles. The van der Waals surface area contributed by atoms with Gasteiger partial charge in [0, 0.05) is 26.2 Å². The lowest BCUT2D eigenvalue weighted by molar-refractivity contribution is -0.148. The van der Waals surface area contributed by atoms with Crippen LogP contribution in [0.2, 0.25) is 0 Å². The van der Waals surface area contributed by atoms with Gasteiger partial charge in [0.1, 0.15) is 0 Å². The molecule has 0 amide bonds. The average molecular weight is 180 g/mol. The van der Waals surface area contributed by atoms with Gasteiger partial charge in [0.05, 0.1) is 0 Å². The highest BCUT2D eigenvalue weighted by molar-refractivity contribution is 7.57. The molecule has 1 rings (SSSR count). The molecule has 0 bridgehead atoms. The molecule has 5 heteroatoms. The minimum Gasteiger partial charge on any atom is -0.368 e. The Kier molecular flexibility index (Phi) is 2.70. The minimum absolute atomic E-state index is 0.481. The monoisotopic (exact) mass is 180 g/mol. The highest BCUT2D eigenvalue weighted by Crippen LogP contribution is 2.41. The number of aliphatic hydroxyl groups is 1. The maximum absolute atomic E-state index is 11.1. The summed E-state index contributed by atoms with van der Waals surface area (Å²) in [5.74, 6) is 0. The van der Waals surface area contributed by atoms with Crippen molar-refractivity contribution in [3.05, 3.63) is 0 Å². The smallest absolute Gasteiger partial charge is 0.199 e. The topological polar surface area (TPSA) is 55.8 Å². The number of ether oxygens (including phenoxy) is 1. The van der Waals surface area contributed by atoms with Crippen LogP contribution >= 0.6 is 7.37 Å². The predicted octanol–water partition coefficient (Wildman–Crippen LogP) is 0.996. The summed E-state index contributed by atoms with van der Waals surface area (Å²) in [6, 6.07) is 0. The van der Waals surface area contributed by atoms with Crippen LogP contribution in [0.5, 0.6) is 0 Å². The number of aliphatic hydroxyl groups excluding tert-OH is 1. The van der Waals surface area contributed by atoms with E-state index in [-0.39, 0.29) is 0 Å². The molecule has 1 saturated heterocycles. The third-order valence-corrected chi connectivity index (χ3v) is 2.07. The second kappa shape index (κ2) is 3.23. The summed E-state index contributed by atoms with van der Waals surface area (Å²) in [7, 11) is -2.48. The minimum atomic E-state index is -2.48. The fraction of sp³-hybridized carbons (Fsp3) is 1.00. The van der Waals surface area contributed by atoms with E-state index in [9.17, 15) is 4.57 Å². The molecule has 1 aliphatic rings. The van der Waals surface area contributed by atoms with Crippen molar-refractivity contribution in [2.45, 2.75) is 25.4 Å². The summed E-state index contributed by atoms with van der Waals surface area (Å²) in [5.41, 5.74) is 0. The molecule has 1 fully saturated rings. The highest BCUT2D eigenvalue weighted by atomic mass is 31.2. The second-order valence-electron chi connectivity index (χ2n) is 2.96. The average Bonchev–Trinajstić information content (AvgIpc) is 2.10. The van der Waals surface area contributed by atoms with Crippen molar-refractivity contribution >= 4 is 7.37 Å². The maximum Gasteiger partial charge on any atom is 0.199 e. The van der Waals surface area contributed by atoms with Gasteiger partial charge in [-0.25, -0.2) is 0 Å². The zero-order chi connectivity index (χ0) is 8.48. The van der Waals surface area contributed by atoms with E-state index in [4.69, 9.17) is 14.4 Å². The van der Waals surface area contributed by atoms with Crippen molar-refractivity contribution in [3.63, 3.8) is 0 Å². The first-order valence-electron chi connectivity index (χ1n) is 3.54. The first-order chi connectivity index (χ1) is 4.97. The van der Waals surface area contributed by atoms with Crippen molar-refractivity contribution in [1.82, 2.24) is 0 Å². The lowest BCUT2D eigenvalue weighted by Gasteiger charge is -2.14.